The van der Waals surface area contributed by atoms with Gasteiger partial charge in [-0.05, 0) is 36.2 Å². The molecule has 0 aliphatic carbocycles. The molecule has 2 aliphatic heterocycles. The lowest BCUT2D eigenvalue weighted by atomic mass is 10.1. The molecule has 0 aromatic heterocycles. The molecular formula is C23H25FN2O4S. The molecule has 8 heteroatoms. The van der Waals surface area contributed by atoms with Crippen molar-refractivity contribution in [1.29, 1.82) is 0 Å². The van der Waals surface area contributed by atoms with Crippen molar-refractivity contribution in [3.8, 4) is 11.5 Å². The van der Waals surface area contributed by atoms with E-state index >= 15 is 0 Å². The standard InChI is InChI=1S/C23H25FN2O4S/c1-3-4-11-25-21(27)18-14-31-22(26(18)23(25)28)15-9-10-19(29-2)16(12-15)13-30-20-8-6-5-7-17(20)24/h5-10,12,18,22H,3-4,11,13-14H2,1-2H3/t18-,22+/m0/s1. The first kappa shape index (κ1) is 21.5. The molecule has 4 rings (SSSR count). The van der Waals surface area contributed by atoms with Crippen LogP contribution in [-0.4, -0.2) is 47.2 Å². The van der Waals surface area contributed by atoms with Gasteiger partial charge < -0.3 is 9.47 Å². The lowest BCUT2D eigenvalue weighted by Gasteiger charge is -2.24. The highest BCUT2D eigenvalue weighted by molar-refractivity contribution is 7.99. The molecule has 2 aliphatic rings. The van der Waals surface area contributed by atoms with E-state index < -0.39 is 11.9 Å². The summed E-state index contributed by atoms with van der Waals surface area (Å²) in [5.41, 5.74) is 1.63. The molecule has 0 saturated carbocycles. The molecule has 6 nitrogen and oxygen atoms in total. The topological polar surface area (TPSA) is 59.1 Å². The first-order valence-electron chi connectivity index (χ1n) is 10.3. The average molecular weight is 445 g/mol. The van der Waals surface area contributed by atoms with E-state index in [4.69, 9.17) is 9.47 Å². The van der Waals surface area contributed by atoms with Gasteiger partial charge in [-0.2, -0.15) is 0 Å². The smallest absolute Gasteiger partial charge is 0.328 e. The fourth-order valence-corrected chi connectivity index (χ4v) is 5.31. The average Bonchev–Trinajstić information content (AvgIpc) is 3.32. The minimum atomic E-state index is -0.430. The van der Waals surface area contributed by atoms with Crippen LogP contribution < -0.4 is 9.47 Å². The number of methoxy groups -OCH3 is 1. The van der Waals surface area contributed by atoms with Crippen LogP contribution in [0.2, 0.25) is 0 Å². The summed E-state index contributed by atoms with van der Waals surface area (Å²) in [7, 11) is 1.57. The minimum Gasteiger partial charge on any atom is -0.496 e. The van der Waals surface area contributed by atoms with Gasteiger partial charge in [0.25, 0.3) is 5.91 Å². The molecule has 2 atom stereocenters. The zero-order chi connectivity index (χ0) is 22.0. The second-order valence-corrected chi connectivity index (χ2v) is 8.64. The van der Waals surface area contributed by atoms with Gasteiger partial charge in [-0.1, -0.05) is 31.5 Å². The Labute approximate surface area is 185 Å². The third-order valence-corrected chi connectivity index (χ3v) is 6.87. The second kappa shape index (κ2) is 9.18. The molecule has 0 bridgehead atoms. The maximum Gasteiger partial charge on any atom is 0.328 e. The molecule has 2 heterocycles. The minimum absolute atomic E-state index is 0.106. The van der Waals surface area contributed by atoms with Crippen LogP contribution in [0, 0.1) is 5.82 Å². The highest BCUT2D eigenvalue weighted by Gasteiger charge is 2.52. The summed E-state index contributed by atoms with van der Waals surface area (Å²) in [6, 6.07) is 11.2. The van der Waals surface area contributed by atoms with Crippen molar-refractivity contribution in [3.63, 3.8) is 0 Å². The summed E-state index contributed by atoms with van der Waals surface area (Å²) >= 11 is 1.58. The number of ether oxygens (including phenoxy) is 2. The summed E-state index contributed by atoms with van der Waals surface area (Å²) in [4.78, 5) is 28.8. The van der Waals surface area contributed by atoms with Crippen LogP contribution in [-0.2, 0) is 11.4 Å². The van der Waals surface area contributed by atoms with Gasteiger partial charge in [0.05, 0.1) is 7.11 Å². The zero-order valence-electron chi connectivity index (χ0n) is 17.5. The number of para-hydroxylation sites is 1. The fraction of sp³-hybridized carbons (Fsp3) is 0.391. The number of carbonyl (C=O) groups is 2. The first-order valence-corrected chi connectivity index (χ1v) is 11.4. The Morgan fingerprint density at radius 3 is 2.71 bits per heavy atom. The van der Waals surface area contributed by atoms with Crippen molar-refractivity contribution in [1.82, 2.24) is 9.80 Å². The van der Waals surface area contributed by atoms with Gasteiger partial charge in [0.15, 0.2) is 11.6 Å². The zero-order valence-corrected chi connectivity index (χ0v) is 18.4. The van der Waals surface area contributed by atoms with Crippen molar-refractivity contribution >= 4 is 23.7 Å². The number of amides is 3. The van der Waals surface area contributed by atoms with E-state index in [1.807, 2.05) is 25.1 Å². The molecule has 2 aromatic carbocycles. The van der Waals surface area contributed by atoms with Crippen LogP contribution in [0.15, 0.2) is 42.5 Å². The molecule has 2 saturated heterocycles. The number of halogens is 1. The van der Waals surface area contributed by atoms with E-state index in [1.165, 1.54) is 11.0 Å². The van der Waals surface area contributed by atoms with Crippen LogP contribution in [0.1, 0.15) is 36.3 Å². The highest BCUT2D eigenvalue weighted by atomic mass is 32.2. The van der Waals surface area contributed by atoms with Crippen LogP contribution in [0.4, 0.5) is 9.18 Å². The summed E-state index contributed by atoms with van der Waals surface area (Å²) in [5.74, 6) is 0.820. The molecule has 0 N–H and O–H groups in total. The van der Waals surface area contributed by atoms with Gasteiger partial charge in [-0.15, -0.1) is 11.8 Å². The summed E-state index contributed by atoms with van der Waals surface area (Å²) in [6.07, 6.45) is 1.72. The largest absolute Gasteiger partial charge is 0.496 e. The van der Waals surface area contributed by atoms with Gasteiger partial charge in [-0.3, -0.25) is 14.6 Å². The number of fused-ring (bicyclic) bond motifs is 1. The Morgan fingerprint density at radius 1 is 1.16 bits per heavy atom. The fourth-order valence-electron chi connectivity index (χ4n) is 3.90. The van der Waals surface area contributed by atoms with Gasteiger partial charge in [0.1, 0.15) is 23.8 Å². The van der Waals surface area contributed by atoms with Crippen LogP contribution >= 0.6 is 11.8 Å². The monoisotopic (exact) mass is 444 g/mol. The Balaban J connectivity index is 1.56. The second-order valence-electron chi connectivity index (χ2n) is 7.53. The number of urea groups is 1. The van der Waals surface area contributed by atoms with E-state index in [2.05, 4.69) is 0 Å². The third-order valence-electron chi connectivity index (χ3n) is 5.55. The highest BCUT2D eigenvalue weighted by Crippen LogP contribution is 2.46. The van der Waals surface area contributed by atoms with Crippen LogP contribution in [0.5, 0.6) is 11.5 Å². The summed E-state index contributed by atoms with van der Waals surface area (Å²) < 4.78 is 25.0. The quantitative estimate of drug-likeness (QED) is 0.558. The van der Waals surface area contributed by atoms with Gasteiger partial charge in [0.2, 0.25) is 0 Å². The van der Waals surface area contributed by atoms with Crippen molar-refractivity contribution < 1.29 is 23.5 Å². The molecule has 2 aromatic rings. The predicted molar refractivity (Wildman–Crippen MR) is 117 cm³/mol. The normalized spacial score (nSPS) is 20.4. The Kier molecular flexibility index (Phi) is 6.36. The van der Waals surface area contributed by atoms with E-state index in [0.717, 1.165) is 24.0 Å². The van der Waals surface area contributed by atoms with E-state index in [0.29, 0.717) is 18.0 Å². The molecule has 2 fully saturated rings. The molecular weight excluding hydrogens is 419 g/mol. The summed E-state index contributed by atoms with van der Waals surface area (Å²) in [5, 5.41) is -0.258. The van der Waals surface area contributed by atoms with Gasteiger partial charge in [0, 0.05) is 17.9 Å². The molecule has 0 radical (unpaired) electrons. The Morgan fingerprint density at radius 2 is 1.97 bits per heavy atom. The molecule has 31 heavy (non-hydrogen) atoms. The lowest BCUT2D eigenvalue weighted by Crippen LogP contribution is -2.34. The van der Waals surface area contributed by atoms with Crippen LogP contribution in [0.3, 0.4) is 0 Å². The maximum absolute atomic E-state index is 13.9. The predicted octanol–water partition coefficient (Wildman–Crippen LogP) is 4.59. The van der Waals surface area contributed by atoms with Crippen molar-refractivity contribution in [3.05, 3.63) is 59.4 Å². The Bertz CT molecular complexity index is 986. The van der Waals surface area contributed by atoms with Crippen molar-refractivity contribution in [2.75, 3.05) is 19.4 Å². The van der Waals surface area contributed by atoms with E-state index in [-0.39, 0.29) is 29.7 Å². The number of nitrogens with zero attached hydrogens (tertiary/aromatic N) is 2. The van der Waals surface area contributed by atoms with Crippen molar-refractivity contribution in [2.45, 2.75) is 37.8 Å². The number of hydrogen-bond acceptors (Lipinski definition) is 5. The number of rotatable bonds is 8. The molecule has 3 amide bonds. The van der Waals surface area contributed by atoms with Crippen LogP contribution in [0.25, 0.3) is 0 Å². The molecule has 0 unspecified atom stereocenters. The van der Waals surface area contributed by atoms with Gasteiger partial charge >= 0.3 is 6.03 Å². The SMILES string of the molecule is CCCCN1C(=O)[C@@H]2CS[C@H](c3ccc(OC)c(COc4ccccc4F)c3)N2C1=O. The number of imide groups is 1. The number of hydrogen-bond donors (Lipinski definition) is 0. The first-order chi connectivity index (χ1) is 15.0. The maximum atomic E-state index is 13.9. The lowest BCUT2D eigenvalue weighted by molar-refractivity contribution is -0.127. The molecule has 0 spiro atoms. The number of thioether (sulfide) groups is 1. The van der Waals surface area contributed by atoms with Gasteiger partial charge in [-0.25, -0.2) is 9.18 Å². The third kappa shape index (κ3) is 4.08. The van der Waals surface area contributed by atoms with E-state index in [9.17, 15) is 14.0 Å². The number of benzene rings is 2. The number of unbranched alkanes of at least 4 members (excludes halogenated alkanes) is 1. The Hall–Kier alpha value is -2.74. The van der Waals surface area contributed by atoms with Crippen molar-refractivity contribution in [2.24, 2.45) is 0 Å². The number of carbonyl (C=O) groups excluding carboxylic acids is 2. The van der Waals surface area contributed by atoms with E-state index in [1.54, 1.807) is 42.0 Å². The summed E-state index contributed by atoms with van der Waals surface area (Å²) in [6.45, 7) is 2.62. The molecule has 164 valence electrons.